The molecular formula is C11H14O2. The monoisotopic (exact) mass is 178 g/mol. The van der Waals surface area contributed by atoms with Gasteiger partial charge in [0.05, 0.1) is 0 Å². The van der Waals surface area contributed by atoms with Crippen molar-refractivity contribution in [3.63, 3.8) is 0 Å². The number of carbonyl (C=O) groups excluding carboxylic acids is 1. The zero-order chi connectivity index (χ0) is 9.68. The van der Waals surface area contributed by atoms with Crippen LogP contribution in [0.5, 0.6) is 5.75 Å². The third-order valence-electron chi connectivity index (χ3n) is 2.06. The maximum atomic E-state index is 10.1. The molecule has 13 heavy (non-hydrogen) atoms. The average Bonchev–Trinajstić information content (AvgIpc) is 2.12. The summed E-state index contributed by atoms with van der Waals surface area (Å²) in [6, 6.07) is 5.64. The minimum absolute atomic E-state index is 0.337. The summed E-state index contributed by atoms with van der Waals surface area (Å²) in [6.45, 7) is 1.87. The molecule has 0 bridgehead atoms. The molecule has 2 heteroatoms. The van der Waals surface area contributed by atoms with Gasteiger partial charge in [0, 0.05) is 6.42 Å². The van der Waals surface area contributed by atoms with Crippen molar-refractivity contribution in [3.05, 3.63) is 29.3 Å². The van der Waals surface area contributed by atoms with Crippen LogP contribution in [-0.2, 0) is 11.2 Å². The molecule has 0 aromatic heterocycles. The Hall–Kier alpha value is -1.31. The minimum atomic E-state index is 0.337. The molecule has 2 nitrogen and oxygen atoms in total. The highest BCUT2D eigenvalue weighted by Crippen LogP contribution is 2.18. The van der Waals surface area contributed by atoms with Crippen LogP contribution in [0, 0.1) is 6.92 Å². The van der Waals surface area contributed by atoms with Crippen molar-refractivity contribution in [2.24, 2.45) is 0 Å². The quantitative estimate of drug-likeness (QED) is 0.567. The standard InChI is InChI=1S/C11H14O2/c1-9-5-6-10(8-11(9)13)4-2-3-7-12/h5-8,13H,2-4H2,1H3. The van der Waals surface area contributed by atoms with Gasteiger partial charge in [-0.05, 0) is 37.0 Å². The number of hydrogen-bond acceptors (Lipinski definition) is 2. The highest BCUT2D eigenvalue weighted by atomic mass is 16.3. The van der Waals surface area contributed by atoms with Gasteiger partial charge >= 0.3 is 0 Å². The van der Waals surface area contributed by atoms with Gasteiger partial charge < -0.3 is 9.90 Å². The van der Waals surface area contributed by atoms with Crippen molar-refractivity contribution in [1.29, 1.82) is 0 Å². The maximum absolute atomic E-state index is 10.1. The molecule has 0 amide bonds. The van der Waals surface area contributed by atoms with E-state index < -0.39 is 0 Å². The lowest BCUT2D eigenvalue weighted by Crippen LogP contribution is -1.86. The Morgan fingerprint density at radius 3 is 2.85 bits per heavy atom. The van der Waals surface area contributed by atoms with Crippen molar-refractivity contribution in [2.45, 2.75) is 26.2 Å². The van der Waals surface area contributed by atoms with Crippen molar-refractivity contribution < 1.29 is 9.90 Å². The smallest absolute Gasteiger partial charge is 0.120 e. The average molecular weight is 178 g/mol. The van der Waals surface area contributed by atoms with Crippen LogP contribution in [0.1, 0.15) is 24.0 Å². The SMILES string of the molecule is Cc1ccc(CCCC=O)cc1O. The van der Waals surface area contributed by atoms with E-state index in [-0.39, 0.29) is 0 Å². The lowest BCUT2D eigenvalue weighted by molar-refractivity contribution is -0.107. The maximum Gasteiger partial charge on any atom is 0.120 e. The number of benzene rings is 1. The van der Waals surface area contributed by atoms with Gasteiger partial charge in [0.2, 0.25) is 0 Å². The Bertz CT molecular complexity index is 292. The summed E-state index contributed by atoms with van der Waals surface area (Å²) in [5.41, 5.74) is 1.98. The summed E-state index contributed by atoms with van der Waals surface area (Å²) in [4.78, 5) is 10.1. The zero-order valence-electron chi connectivity index (χ0n) is 7.79. The largest absolute Gasteiger partial charge is 0.508 e. The topological polar surface area (TPSA) is 37.3 Å². The number of aromatic hydroxyl groups is 1. The summed E-state index contributed by atoms with van der Waals surface area (Å²) in [5.74, 6) is 0.337. The molecule has 0 unspecified atom stereocenters. The number of phenolic OH excluding ortho intramolecular Hbond substituents is 1. The van der Waals surface area contributed by atoms with Crippen LogP contribution < -0.4 is 0 Å². The number of phenols is 1. The van der Waals surface area contributed by atoms with Crippen LogP contribution in [-0.4, -0.2) is 11.4 Å². The van der Waals surface area contributed by atoms with Crippen molar-refractivity contribution >= 4 is 6.29 Å². The second kappa shape index (κ2) is 4.65. The van der Waals surface area contributed by atoms with Gasteiger partial charge in [0.1, 0.15) is 12.0 Å². The molecule has 0 aliphatic rings. The summed E-state index contributed by atoms with van der Waals surface area (Å²) in [7, 11) is 0. The third kappa shape index (κ3) is 2.90. The molecule has 70 valence electrons. The van der Waals surface area contributed by atoms with Crippen molar-refractivity contribution in [2.75, 3.05) is 0 Å². The first kappa shape index (κ1) is 9.78. The van der Waals surface area contributed by atoms with E-state index in [1.165, 1.54) is 0 Å². The fourth-order valence-electron chi connectivity index (χ4n) is 1.20. The Morgan fingerprint density at radius 2 is 2.23 bits per heavy atom. The van der Waals surface area contributed by atoms with Crippen molar-refractivity contribution in [1.82, 2.24) is 0 Å². The van der Waals surface area contributed by atoms with Gasteiger partial charge in [0.25, 0.3) is 0 Å². The number of unbranched alkanes of at least 4 members (excludes halogenated alkanes) is 1. The molecule has 0 aliphatic heterocycles. The minimum Gasteiger partial charge on any atom is -0.508 e. The predicted molar refractivity (Wildman–Crippen MR) is 51.8 cm³/mol. The summed E-state index contributed by atoms with van der Waals surface area (Å²) in [5, 5.41) is 9.39. The number of rotatable bonds is 4. The Balaban J connectivity index is 2.57. The first-order chi connectivity index (χ1) is 6.24. The number of hydrogen-bond donors (Lipinski definition) is 1. The molecule has 0 saturated heterocycles. The van der Waals surface area contributed by atoms with Crippen molar-refractivity contribution in [3.8, 4) is 5.75 Å². The van der Waals surface area contributed by atoms with E-state index in [1.807, 2.05) is 19.1 Å². The van der Waals surface area contributed by atoms with E-state index >= 15 is 0 Å². The van der Waals surface area contributed by atoms with Gasteiger partial charge in [0.15, 0.2) is 0 Å². The van der Waals surface area contributed by atoms with Crippen LogP contribution in [0.4, 0.5) is 0 Å². The lowest BCUT2D eigenvalue weighted by Gasteiger charge is -2.02. The van der Waals surface area contributed by atoms with Gasteiger partial charge in [-0.25, -0.2) is 0 Å². The Labute approximate surface area is 78.2 Å². The summed E-state index contributed by atoms with van der Waals surface area (Å²) < 4.78 is 0. The highest BCUT2D eigenvalue weighted by Gasteiger charge is 1.97. The number of aryl methyl sites for hydroxylation is 2. The Kier molecular flexibility index (Phi) is 3.50. The normalized spacial score (nSPS) is 9.92. The summed E-state index contributed by atoms with van der Waals surface area (Å²) >= 11 is 0. The molecule has 0 aliphatic carbocycles. The fourth-order valence-corrected chi connectivity index (χ4v) is 1.20. The van der Waals surface area contributed by atoms with Crippen LogP contribution in [0.25, 0.3) is 0 Å². The number of aldehydes is 1. The summed E-state index contributed by atoms with van der Waals surface area (Å²) in [6.07, 6.45) is 3.22. The lowest BCUT2D eigenvalue weighted by atomic mass is 10.1. The molecule has 0 spiro atoms. The van der Waals surface area contributed by atoms with Gasteiger partial charge in [-0.15, -0.1) is 0 Å². The molecule has 1 aromatic carbocycles. The molecule has 0 atom stereocenters. The van der Waals surface area contributed by atoms with Gasteiger partial charge in [-0.3, -0.25) is 0 Å². The van der Waals surface area contributed by atoms with E-state index in [0.29, 0.717) is 12.2 Å². The highest BCUT2D eigenvalue weighted by molar-refractivity contribution is 5.49. The van der Waals surface area contributed by atoms with Crippen LogP contribution >= 0.6 is 0 Å². The van der Waals surface area contributed by atoms with E-state index in [4.69, 9.17) is 0 Å². The van der Waals surface area contributed by atoms with E-state index in [0.717, 1.165) is 30.3 Å². The molecule has 1 N–H and O–H groups in total. The third-order valence-corrected chi connectivity index (χ3v) is 2.06. The first-order valence-electron chi connectivity index (χ1n) is 4.46. The van der Waals surface area contributed by atoms with E-state index in [2.05, 4.69) is 0 Å². The van der Waals surface area contributed by atoms with Crippen LogP contribution in [0.2, 0.25) is 0 Å². The molecular weight excluding hydrogens is 164 g/mol. The Morgan fingerprint density at radius 1 is 1.46 bits per heavy atom. The van der Waals surface area contributed by atoms with Gasteiger partial charge in [-0.1, -0.05) is 12.1 Å². The second-order valence-electron chi connectivity index (χ2n) is 3.18. The zero-order valence-corrected chi connectivity index (χ0v) is 7.79. The van der Waals surface area contributed by atoms with E-state index in [9.17, 15) is 9.90 Å². The molecule has 0 fully saturated rings. The van der Waals surface area contributed by atoms with Crippen LogP contribution in [0.15, 0.2) is 18.2 Å². The molecule has 0 heterocycles. The molecule has 1 rings (SSSR count). The molecule has 0 saturated carbocycles. The second-order valence-corrected chi connectivity index (χ2v) is 3.18. The van der Waals surface area contributed by atoms with Crippen LogP contribution in [0.3, 0.4) is 0 Å². The van der Waals surface area contributed by atoms with E-state index in [1.54, 1.807) is 6.07 Å². The first-order valence-corrected chi connectivity index (χ1v) is 4.46. The van der Waals surface area contributed by atoms with Gasteiger partial charge in [-0.2, -0.15) is 0 Å². The molecule has 0 radical (unpaired) electrons. The molecule has 1 aromatic rings. The fraction of sp³-hybridized carbons (Fsp3) is 0.364. The number of carbonyl (C=O) groups is 1. The predicted octanol–water partition coefficient (Wildman–Crippen LogP) is 2.22.